The predicted molar refractivity (Wildman–Crippen MR) is 73.0 cm³/mol. The fourth-order valence-electron chi connectivity index (χ4n) is 2.01. The molecule has 3 rings (SSSR count). The van der Waals surface area contributed by atoms with Crippen molar-refractivity contribution in [2.45, 2.75) is 13.0 Å². The Morgan fingerprint density at radius 1 is 1.26 bits per heavy atom. The van der Waals surface area contributed by atoms with Crippen molar-refractivity contribution in [3.8, 4) is 11.8 Å². The monoisotopic (exact) mass is 254 g/mol. The molecule has 1 unspecified atom stereocenters. The zero-order chi connectivity index (χ0) is 13.2. The molecule has 0 bridgehead atoms. The van der Waals surface area contributed by atoms with Gasteiger partial charge in [0.1, 0.15) is 5.75 Å². The first kappa shape index (κ1) is 11.7. The summed E-state index contributed by atoms with van der Waals surface area (Å²) >= 11 is 0. The summed E-state index contributed by atoms with van der Waals surface area (Å²) < 4.78 is 5.61. The van der Waals surface area contributed by atoms with Gasteiger partial charge in [-0.15, -0.1) is 0 Å². The molecular weight excluding hydrogens is 240 g/mol. The molecule has 0 aliphatic heterocycles. The smallest absolute Gasteiger partial charge is 0.321 e. The van der Waals surface area contributed by atoms with Crippen LogP contribution in [0, 0.1) is 0 Å². The maximum Gasteiger partial charge on any atom is 0.321 e. The highest BCUT2D eigenvalue weighted by Crippen LogP contribution is 2.28. The van der Waals surface area contributed by atoms with E-state index in [9.17, 15) is 0 Å². The summed E-state index contributed by atoms with van der Waals surface area (Å²) in [4.78, 5) is 11.3. The number of benzene rings is 1. The average molecular weight is 254 g/mol. The van der Waals surface area contributed by atoms with E-state index in [1.165, 1.54) is 0 Å². The van der Waals surface area contributed by atoms with Crippen LogP contribution in [0.15, 0.2) is 42.9 Å². The molecule has 1 aromatic carbocycles. The Labute approximate surface area is 110 Å². The Balaban J connectivity index is 1.99. The van der Waals surface area contributed by atoms with Gasteiger partial charge < -0.3 is 15.5 Å². The summed E-state index contributed by atoms with van der Waals surface area (Å²) in [5.74, 6) is 0.695. The number of aromatic amines is 1. The zero-order valence-electron chi connectivity index (χ0n) is 10.5. The molecule has 5 nitrogen and oxygen atoms in total. The van der Waals surface area contributed by atoms with E-state index < -0.39 is 0 Å². The molecule has 3 N–H and O–H groups in total. The van der Waals surface area contributed by atoms with Crippen molar-refractivity contribution < 1.29 is 4.74 Å². The van der Waals surface area contributed by atoms with Crippen LogP contribution in [0.1, 0.15) is 18.5 Å². The van der Waals surface area contributed by atoms with E-state index in [2.05, 4.69) is 15.0 Å². The van der Waals surface area contributed by atoms with E-state index in [-0.39, 0.29) is 6.04 Å². The van der Waals surface area contributed by atoms with Gasteiger partial charge in [-0.25, -0.2) is 9.97 Å². The number of hydrogen-bond donors (Lipinski definition) is 2. The van der Waals surface area contributed by atoms with Gasteiger partial charge in [0.15, 0.2) is 0 Å². The second-order valence-electron chi connectivity index (χ2n) is 4.37. The summed E-state index contributed by atoms with van der Waals surface area (Å²) in [6, 6.07) is 7.83. The average Bonchev–Trinajstić information content (AvgIpc) is 2.83. The van der Waals surface area contributed by atoms with Gasteiger partial charge in [0.2, 0.25) is 0 Å². The number of aromatic nitrogens is 3. The third-order valence-corrected chi connectivity index (χ3v) is 2.93. The number of nitrogens with zero attached hydrogens (tertiary/aromatic N) is 2. The molecule has 0 saturated carbocycles. The van der Waals surface area contributed by atoms with Crippen LogP contribution < -0.4 is 10.5 Å². The quantitative estimate of drug-likeness (QED) is 0.753. The van der Waals surface area contributed by atoms with Crippen molar-refractivity contribution >= 4 is 10.9 Å². The molecular formula is C14H14N4O. The van der Waals surface area contributed by atoms with Gasteiger partial charge in [-0.3, -0.25) is 0 Å². The molecule has 0 fully saturated rings. The molecule has 1 atom stereocenters. The van der Waals surface area contributed by atoms with E-state index in [4.69, 9.17) is 10.5 Å². The Kier molecular flexibility index (Phi) is 2.89. The summed E-state index contributed by atoms with van der Waals surface area (Å²) in [6.07, 6.45) is 5.22. The van der Waals surface area contributed by atoms with Crippen molar-refractivity contribution in [1.29, 1.82) is 0 Å². The molecule has 0 spiro atoms. The second kappa shape index (κ2) is 4.70. The van der Waals surface area contributed by atoms with Gasteiger partial charge in [0.05, 0.1) is 0 Å². The van der Waals surface area contributed by atoms with Crippen LogP contribution in [-0.4, -0.2) is 15.0 Å². The van der Waals surface area contributed by atoms with E-state index >= 15 is 0 Å². The summed E-state index contributed by atoms with van der Waals surface area (Å²) in [7, 11) is 0. The van der Waals surface area contributed by atoms with Gasteiger partial charge in [-0.1, -0.05) is 0 Å². The van der Waals surface area contributed by atoms with Crippen LogP contribution in [0.2, 0.25) is 0 Å². The largest absolute Gasteiger partial charge is 0.424 e. The molecule has 5 heteroatoms. The standard InChI is InChI=1S/C14H14N4O/c1-9(15)12-8-18-13-4-3-10(7-11(12)13)19-14-16-5-2-6-17-14/h2-9,18H,15H2,1H3. The lowest BCUT2D eigenvalue weighted by Gasteiger charge is -2.05. The Morgan fingerprint density at radius 2 is 2.05 bits per heavy atom. The number of fused-ring (bicyclic) bond motifs is 1. The number of ether oxygens (including phenoxy) is 1. The Bertz CT molecular complexity index is 691. The normalized spacial score (nSPS) is 12.5. The van der Waals surface area contributed by atoms with Crippen LogP contribution in [-0.2, 0) is 0 Å². The highest BCUT2D eigenvalue weighted by molar-refractivity contribution is 5.85. The first-order valence-corrected chi connectivity index (χ1v) is 6.05. The summed E-state index contributed by atoms with van der Waals surface area (Å²) in [6.45, 7) is 1.95. The summed E-state index contributed by atoms with van der Waals surface area (Å²) in [5.41, 5.74) is 8.04. The Morgan fingerprint density at radius 3 is 2.79 bits per heavy atom. The van der Waals surface area contributed by atoms with Crippen LogP contribution in [0.25, 0.3) is 10.9 Å². The third-order valence-electron chi connectivity index (χ3n) is 2.93. The van der Waals surface area contributed by atoms with Gasteiger partial charge >= 0.3 is 6.01 Å². The minimum atomic E-state index is -0.0306. The molecule has 96 valence electrons. The van der Waals surface area contributed by atoms with Crippen molar-refractivity contribution in [2.24, 2.45) is 5.73 Å². The first-order chi connectivity index (χ1) is 9.24. The van der Waals surface area contributed by atoms with Crippen molar-refractivity contribution in [2.75, 3.05) is 0 Å². The molecule has 2 aromatic heterocycles. The van der Waals surface area contributed by atoms with E-state index in [0.29, 0.717) is 11.8 Å². The topological polar surface area (TPSA) is 76.8 Å². The molecule has 0 aliphatic rings. The predicted octanol–water partition coefficient (Wildman–Crippen LogP) is 2.77. The van der Waals surface area contributed by atoms with Crippen molar-refractivity contribution in [3.05, 3.63) is 48.4 Å². The minimum absolute atomic E-state index is 0.0306. The SMILES string of the molecule is CC(N)c1c[nH]c2ccc(Oc3ncccn3)cc12. The van der Waals surface area contributed by atoms with Gasteiger partial charge in [-0.05, 0) is 36.8 Å². The van der Waals surface area contributed by atoms with E-state index in [1.807, 2.05) is 31.3 Å². The fourth-order valence-corrected chi connectivity index (χ4v) is 2.01. The number of nitrogens with one attached hydrogen (secondary N) is 1. The highest BCUT2D eigenvalue weighted by atomic mass is 16.5. The maximum absolute atomic E-state index is 5.94. The molecule has 3 aromatic rings. The van der Waals surface area contributed by atoms with Crippen LogP contribution >= 0.6 is 0 Å². The number of H-pyrrole nitrogens is 1. The van der Waals surface area contributed by atoms with Gasteiger partial charge in [-0.2, -0.15) is 0 Å². The van der Waals surface area contributed by atoms with Crippen molar-refractivity contribution in [3.63, 3.8) is 0 Å². The summed E-state index contributed by atoms with van der Waals surface area (Å²) in [5, 5.41) is 1.06. The van der Waals surface area contributed by atoms with E-state index in [1.54, 1.807) is 18.5 Å². The minimum Gasteiger partial charge on any atom is -0.424 e. The van der Waals surface area contributed by atoms with E-state index in [0.717, 1.165) is 16.5 Å². The molecule has 19 heavy (non-hydrogen) atoms. The highest BCUT2D eigenvalue weighted by Gasteiger charge is 2.09. The molecule has 0 radical (unpaired) electrons. The van der Waals surface area contributed by atoms with Crippen LogP contribution in [0.5, 0.6) is 11.8 Å². The van der Waals surface area contributed by atoms with Crippen LogP contribution in [0.4, 0.5) is 0 Å². The van der Waals surface area contributed by atoms with Gasteiger partial charge in [0, 0.05) is 35.5 Å². The Hall–Kier alpha value is -2.40. The second-order valence-corrected chi connectivity index (χ2v) is 4.37. The number of hydrogen-bond acceptors (Lipinski definition) is 4. The van der Waals surface area contributed by atoms with Crippen LogP contribution in [0.3, 0.4) is 0 Å². The number of nitrogens with two attached hydrogens (primary N) is 1. The molecule has 2 heterocycles. The fraction of sp³-hybridized carbons (Fsp3) is 0.143. The zero-order valence-corrected chi connectivity index (χ0v) is 10.5. The molecule has 0 aliphatic carbocycles. The van der Waals surface area contributed by atoms with Crippen molar-refractivity contribution in [1.82, 2.24) is 15.0 Å². The van der Waals surface area contributed by atoms with Gasteiger partial charge in [0.25, 0.3) is 0 Å². The molecule has 0 saturated heterocycles. The third kappa shape index (κ3) is 2.28. The maximum atomic E-state index is 5.94. The lowest BCUT2D eigenvalue weighted by Crippen LogP contribution is -2.03. The number of rotatable bonds is 3. The molecule has 0 amide bonds. The lowest BCUT2D eigenvalue weighted by atomic mass is 10.1. The lowest BCUT2D eigenvalue weighted by molar-refractivity contribution is 0.442. The first-order valence-electron chi connectivity index (χ1n) is 6.05.